The maximum absolute atomic E-state index is 12.3. The second-order valence-electron chi connectivity index (χ2n) is 4.62. The van der Waals surface area contributed by atoms with Gasteiger partial charge in [0.05, 0.1) is 6.10 Å². The third kappa shape index (κ3) is 2.58. The van der Waals surface area contributed by atoms with E-state index in [1.165, 1.54) is 0 Å². The van der Waals surface area contributed by atoms with Crippen molar-refractivity contribution in [2.45, 2.75) is 25.9 Å². The highest BCUT2D eigenvalue weighted by Gasteiger charge is 2.23. The number of hydrogen-bond acceptors (Lipinski definition) is 3. The predicted molar refractivity (Wildman–Crippen MR) is 66.7 cm³/mol. The van der Waals surface area contributed by atoms with Crippen LogP contribution in [-0.2, 0) is 0 Å². The van der Waals surface area contributed by atoms with Gasteiger partial charge in [-0.2, -0.15) is 0 Å². The van der Waals surface area contributed by atoms with Gasteiger partial charge in [0.25, 0.3) is 5.91 Å². The maximum Gasteiger partial charge on any atom is 0.254 e. The van der Waals surface area contributed by atoms with Crippen LogP contribution in [0.2, 0.25) is 0 Å². The fraction of sp³-hybridized carbons (Fsp3) is 0.462. The summed E-state index contributed by atoms with van der Waals surface area (Å²) in [5.41, 5.74) is 7.85. The summed E-state index contributed by atoms with van der Waals surface area (Å²) in [6.45, 7) is 3.03. The van der Waals surface area contributed by atoms with Gasteiger partial charge in [-0.15, -0.1) is 0 Å². The number of aliphatic hydroxyl groups excluding tert-OH is 1. The molecule has 1 atom stereocenters. The number of nitrogen functional groups attached to an aromatic ring is 1. The second-order valence-corrected chi connectivity index (χ2v) is 4.62. The molecule has 1 aliphatic rings. The Balaban J connectivity index is 2.21. The zero-order chi connectivity index (χ0) is 12.4. The van der Waals surface area contributed by atoms with Crippen LogP contribution in [0.15, 0.2) is 18.2 Å². The SMILES string of the molecule is Cc1ccc(N)cc1C(=O)N1CCC[C@H](O)C1. The number of aryl methyl sites for hydroxylation is 1. The number of rotatable bonds is 1. The third-order valence-electron chi connectivity index (χ3n) is 3.18. The first-order valence-electron chi connectivity index (χ1n) is 5.91. The monoisotopic (exact) mass is 234 g/mol. The molecule has 1 heterocycles. The molecule has 1 aliphatic heterocycles. The zero-order valence-electron chi connectivity index (χ0n) is 10.0. The van der Waals surface area contributed by atoms with E-state index in [-0.39, 0.29) is 5.91 Å². The smallest absolute Gasteiger partial charge is 0.254 e. The van der Waals surface area contributed by atoms with E-state index in [0.29, 0.717) is 24.3 Å². The van der Waals surface area contributed by atoms with Crippen molar-refractivity contribution < 1.29 is 9.90 Å². The van der Waals surface area contributed by atoms with Crippen LogP contribution < -0.4 is 5.73 Å². The molecule has 4 heteroatoms. The van der Waals surface area contributed by atoms with Crippen LogP contribution in [0.25, 0.3) is 0 Å². The molecule has 1 saturated heterocycles. The molecule has 0 aromatic heterocycles. The lowest BCUT2D eigenvalue weighted by atomic mass is 10.0. The standard InChI is InChI=1S/C13H18N2O2/c1-9-4-5-10(14)7-12(9)13(17)15-6-2-3-11(16)8-15/h4-5,7,11,16H,2-3,6,8,14H2,1H3/t11-/m0/s1. The van der Waals surface area contributed by atoms with Crippen molar-refractivity contribution in [2.75, 3.05) is 18.8 Å². The van der Waals surface area contributed by atoms with Crippen molar-refractivity contribution in [3.63, 3.8) is 0 Å². The van der Waals surface area contributed by atoms with Gasteiger partial charge in [-0.3, -0.25) is 4.79 Å². The molecular weight excluding hydrogens is 216 g/mol. The Morgan fingerprint density at radius 3 is 3.00 bits per heavy atom. The van der Waals surface area contributed by atoms with Crippen LogP contribution in [-0.4, -0.2) is 35.1 Å². The van der Waals surface area contributed by atoms with Crippen molar-refractivity contribution in [3.05, 3.63) is 29.3 Å². The Labute approximate surface area is 101 Å². The zero-order valence-corrected chi connectivity index (χ0v) is 10.0. The van der Waals surface area contributed by atoms with E-state index in [1.807, 2.05) is 13.0 Å². The van der Waals surface area contributed by atoms with Gasteiger partial charge in [0.1, 0.15) is 0 Å². The summed E-state index contributed by atoms with van der Waals surface area (Å²) in [5.74, 6) is -0.0337. The third-order valence-corrected chi connectivity index (χ3v) is 3.18. The number of carbonyl (C=O) groups is 1. The Bertz CT molecular complexity index is 431. The van der Waals surface area contributed by atoms with E-state index in [0.717, 1.165) is 18.4 Å². The van der Waals surface area contributed by atoms with Gasteiger partial charge in [-0.05, 0) is 37.5 Å². The van der Waals surface area contributed by atoms with E-state index in [4.69, 9.17) is 5.73 Å². The summed E-state index contributed by atoms with van der Waals surface area (Å²) < 4.78 is 0. The first kappa shape index (κ1) is 11.9. The van der Waals surface area contributed by atoms with Crippen LogP contribution in [0.3, 0.4) is 0 Å². The minimum absolute atomic E-state index is 0.0337. The summed E-state index contributed by atoms with van der Waals surface area (Å²) >= 11 is 0. The summed E-state index contributed by atoms with van der Waals surface area (Å²) in [5, 5.41) is 9.58. The normalized spacial score (nSPS) is 20.4. The number of nitrogens with zero attached hydrogens (tertiary/aromatic N) is 1. The van der Waals surface area contributed by atoms with Crippen molar-refractivity contribution >= 4 is 11.6 Å². The molecule has 1 fully saturated rings. The van der Waals surface area contributed by atoms with Crippen LogP contribution in [0, 0.1) is 6.92 Å². The lowest BCUT2D eigenvalue weighted by Crippen LogP contribution is -2.42. The number of hydrogen-bond donors (Lipinski definition) is 2. The Morgan fingerprint density at radius 1 is 1.53 bits per heavy atom. The topological polar surface area (TPSA) is 66.6 Å². The second kappa shape index (κ2) is 4.75. The molecule has 1 aromatic rings. The molecule has 0 bridgehead atoms. The highest BCUT2D eigenvalue weighted by molar-refractivity contribution is 5.96. The summed E-state index contributed by atoms with van der Waals surface area (Å²) in [7, 11) is 0. The van der Waals surface area contributed by atoms with Crippen LogP contribution in [0.1, 0.15) is 28.8 Å². The summed E-state index contributed by atoms with van der Waals surface area (Å²) in [6, 6.07) is 5.35. The lowest BCUT2D eigenvalue weighted by Gasteiger charge is -2.30. The van der Waals surface area contributed by atoms with E-state index in [9.17, 15) is 9.90 Å². The molecule has 1 amide bonds. The van der Waals surface area contributed by atoms with Gasteiger partial charge in [0.15, 0.2) is 0 Å². The molecule has 4 nitrogen and oxygen atoms in total. The van der Waals surface area contributed by atoms with Gasteiger partial charge in [0, 0.05) is 24.3 Å². The number of anilines is 1. The molecular formula is C13H18N2O2. The number of carbonyl (C=O) groups excluding carboxylic acids is 1. The van der Waals surface area contributed by atoms with E-state index < -0.39 is 6.10 Å². The fourth-order valence-electron chi connectivity index (χ4n) is 2.18. The Kier molecular flexibility index (Phi) is 3.33. The minimum atomic E-state index is -0.394. The van der Waals surface area contributed by atoms with Crippen molar-refractivity contribution in [1.29, 1.82) is 0 Å². The summed E-state index contributed by atoms with van der Waals surface area (Å²) in [4.78, 5) is 14.0. The molecule has 3 N–H and O–H groups in total. The van der Waals surface area contributed by atoms with Gasteiger partial charge in [-0.25, -0.2) is 0 Å². The highest BCUT2D eigenvalue weighted by atomic mass is 16.3. The molecule has 0 radical (unpaired) electrons. The molecule has 0 aliphatic carbocycles. The molecule has 1 aromatic carbocycles. The fourth-order valence-corrected chi connectivity index (χ4v) is 2.18. The number of β-amino-alcohol motifs (C(OH)–C–C–N with tert-alkyl or cyclic N) is 1. The number of benzene rings is 1. The number of aliphatic hydroxyl groups is 1. The quantitative estimate of drug-likeness (QED) is 0.717. The van der Waals surface area contributed by atoms with Crippen LogP contribution >= 0.6 is 0 Å². The largest absolute Gasteiger partial charge is 0.399 e. The number of likely N-dealkylation sites (tertiary alicyclic amines) is 1. The minimum Gasteiger partial charge on any atom is -0.399 e. The Hall–Kier alpha value is -1.55. The lowest BCUT2D eigenvalue weighted by molar-refractivity contribution is 0.0473. The van der Waals surface area contributed by atoms with Gasteiger partial charge < -0.3 is 15.7 Å². The van der Waals surface area contributed by atoms with Crippen LogP contribution in [0.5, 0.6) is 0 Å². The van der Waals surface area contributed by atoms with Crippen molar-refractivity contribution in [3.8, 4) is 0 Å². The van der Waals surface area contributed by atoms with Gasteiger partial charge in [0.2, 0.25) is 0 Å². The number of piperidine rings is 1. The number of nitrogens with two attached hydrogens (primary N) is 1. The molecule has 0 unspecified atom stereocenters. The average molecular weight is 234 g/mol. The van der Waals surface area contributed by atoms with Crippen molar-refractivity contribution in [1.82, 2.24) is 4.90 Å². The molecule has 0 saturated carbocycles. The molecule has 92 valence electrons. The first-order valence-corrected chi connectivity index (χ1v) is 5.91. The maximum atomic E-state index is 12.3. The highest BCUT2D eigenvalue weighted by Crippen LogP contribution is 2.18. The van der Waals surface area contributed by atoms with E-state index >= 15 is 0 Å². The van der Waals surface area contributed by atoms with Crippen LogP contribution in [0.4, 0.5) is 5.69 Å². The first-order chi connectivity index (χ1) is 8.08. The average Bonchev–Trinajstić information content (AvgIpc) is 2.31. The predicted octanol–water partition coefficient (Wildman–Crippen LogP) is 1.17. The summed E-state index contributed by atoms with van der Waals surface area (Å²) in [6.07, 6.45) is 1.24. The van der Waals surface area contributed by atoms with Crippen molar-refractivity contribution in [2.24, 2.45) is 0 Å². The molecule has 2 rings (SSSR count). The molecule has 17 heavy (non-hydrogen) atoms. The van der Waals surface area contributed by atoms with Gasteiger partial charge in [-0.1, -0.05) is 6.07 Å². The van der Waals surface area contributed by atoms with Gasteiger partial charge >= 0.3 is 0 Å². The Morgan fingerprint density at radius 2 is 2.29 bits per heavy atom. The van der Waals surface area contributed by atoms with E-state index in [2.05, 4.69) is 0 Å². The van der Waals surface area contributed by atoms with E-state index in [1.54, 1.807) is 17.0 Å². The number of amides is 1. The molecule has 0 spiro atoms.